The number of aryl methyl sites for hydroxylation is 1. The van der Waals surface area contributed by atoms with Gasteiger partial charge in [-0.15, -0.1) is 24.8 Å². The number of anilines is 1. The lowest BCUT2D eigenvalue weighted by Crippen LogP contribution is -2.46. The van der Waals surface area contributed by atoms with Gasteiger partial charge in [-0.2, -0.15) is 0 Å². The van der Waals surface area contributed by atoms with E-state index in [0.717, 1.165) is 62.6 Å². The normalized spacial score (nSPS) is 17.6. The Labute approximate surface area is 163 Å². The topological polar surface area (TPSA) is 47.6 Å². The van der Waals surface area contributed by atoms with Gasteiger partial charge >= 0.3 is 0 Å². The molecule has 1 amide bonds. The largest absolute Gasteiger partial charge is 0.371 e. The molecular formula is C18H30Cl2N4O. The standard InChI is InChI=1S/C18H28N4O.2ClH/c1-15-4-5-17(22-9-2-3-10-22)16(14-15)18(23)20-8-13-21-11-6-19-7-12-21;;/h4-5,14,19H,2-3,6-13H2,1H3,(H,20,23);2*1H. The highest BCUT2D eigenvalue weighted by Gasteiger charge is 2.19. The number of amides is 1. The predicted octanol–water partition coefficient (Wildman–Crippen LogP) is 2.07. The molecule has 0 radical (unpaired) electrons. The van der Waals surface area contributed by atoms with E-state index in [1.807, 2.05) is 13.0 Å². The van der Waals surface area contributed by atoms with Crippen LogP contribution in [-0.4, -0.2) is 63.2 Å². The molecule has 2 N–H and O–H groups in total. The van der Waals surface area contributed by atoms with Crippen LogP contribution in [0.2, 0.25) is 0 Å². The number of hydrogen-bond donors (Lipinski definition) is 2. The molecule has 0 spiro atoms. The molecular weight excluding hydrogens is 359 g/mol. The van der Waals surface area contributed by atoms with E-state index < -0.39 is 0 Å². The number of halogens is 2. The number of carbonyl (C=O) groups is 1. The second-order valence-corrected chi connectivity index (χ2v) is 6.56. The average molecular weight is 389 g/mol. The van der Waals surface area contributed by atoms with Gasteiger partial charge in [-0.1, -0.05) is 11.6 Å². The van der Waals surface area contributed by atoms with Crippen LogP contribution in [0.1, 0.15) is 28.8 Å². The average Bonchev–Trinajstić information content (AvgIpc) is 3.10. The first-order valence-electron chi connectivity index (χ1n) is 8.81. The van der Waals surface area contributed by atoms with Crippen LogP contribution in [0.5, 0.6) is 0 Å². The molecule has 1 aromatic carbocycles. The van der Waals surface area contributed by atoms with Crippen molar-refractivity contribution in [3.63, 3.8) is 0 Å². The first-order chi connectivity index (χ1) is 11.2. The molecule has 0 aromatic heterocycles. The molecule has 5 nitrogen and oxygen atoms in total. The third-order valence-electron chi connectivity index (χ3n) is 4.77. The Morgan fingerprint density at radius 3 is 2.48 bits per heavy atom. The van der Waals surface area contributed by atoms with Crippen LogP contribution in [0.3, 0.4) is 0 Å². The number of carbonyl (C=O) groups excluding carboxylic acids is 1. The summed E-state index contributed by atoms with van der Waals surface area (Å²) < 4.78 is 0. The van der Waals surface area contributed by atoms with E-state index in [9.17, 15) is 4.79 Å². The minimum atomic E-state index is 0. The van der Waals surface area contributed by atoms with Crippen LogP contribution in [0, 0.1) is 6.92 Å². The quantitative estimate of drug-likeness (QED) is 0.810. The summed E-state index contributed by atoms with van der Waals surface area (Å²) in [5, 5.41) is 6.46. The first kappa shape index (κ1) is 22.0. The summed E-state index contributed by atoms with van der Waals surface area (Å²) in [7, 11) is 0. The van der Waals surface area contributed by atoms with E-state index in [1.54, 1.807) is 0 Å². The third-order valence-corrected chi connectivity index (χ3v) is 4.77. The second kappa shape index (κ2) is 10.9. The lowest BCUT2D eigenvalue weighted by Gasteiger charge is -2.27. The zero-order valence-electron chi connectivity index (χ0n) is 14.9. The van der Waals surface area contributed by atoms with Crippen molar-refractivity contribution >= 4 is 36.4 Å². The molecule has 2 aliphatic rings. The summed E-state index contributed by atoms with van der Waals surface area (Å²) in [6, 6.07) is 6.23. The first-order valence-corrected chi connectivity index (χ1v) is 8.81. The highest BCUT2D eigenvalue weighted by Crippen LogP contribution is 2.25. The Morgan fingerprint density at radius 2 is 1.80 bits per heavy atom. The predicted molar refractivity (Wildman–Crippen MR) is 109 cm³/mol. The summed E-state index contributed by atoms with van der Waals surface area (Å²) in [5.41, 5.74) is 3.06. The van der Waals surface area contributed by atoms with Gasteiger partial charge in [0.25, 0.3) is 5.91 Å². The molecule has 2 heterocycles. The van der Waals surface area contributed by atoms with Crippen LogP contribution in [0.15, 0.2) is 18.2 Å². The van der Waals surface area contributed by atoms with Gasteiger partial charge in [0.2, 0.25) is 0 Å². The van der Waals surface area contributed by atoms with Crippen molar-refractivity contribution < 1.29 is 4.79 Å². The smallest absolute Gasteiger partial charge is 0.253 e. The van der Waals surface area contributed by atoms with Crippen molar-refractivity contribution in [1.29, 1.82) is 0 Å². The minimum Gasteiger partial charge on any atom is -0.371 e. The zero-order valence-corrected chi connectivity index (χ0v) is 16.6. The molecule has 1 aromatic rings. The Balaban J connectivity index is 0.00000156. The Bertz CT molecular complexity index is 544. The number of rotatable bonds is 5. The maximum absolute atomic E-state index is 12.6. The molecule has 142 valence electrons. The number of piperazine rings is 1. The molecule has 0 unspecified atom stereocenters. The zero-order chi connectivity index (χ0) is 16.1. The third kappa shape index (κ3) is 6.03. The van der Waals surface area contributed by atoms with Crippen molar-refractivity contribution in [3.05, 3.63) is 29.3 Å². The lowest BCUT2D eigenvalue weighted by atomic mass is 10.1. The van der Waals surface area contributed by atoms with Crippen LogP contribution in [0.25, 0.3) is 0 Å². The second-order valence-electron chi connectivity index (χ2n) is 6.56. The SMILES string of the molecule is Cc1ccc(N2CCCC2)c(C(=O)NCCN2CCNCC2)c1.Cl.Cl. The van der Waals surface area contributed by atoms with Crippen molar-refractivity contribution in [2.24, 2.45) is 0 Å². The number of nitrogens with one attached hydrogen (secondary N) is 2. The van der Waals surface area contributed by atoms with E-state index in [-0.39, 0.29) is 30.7 Å². The van der Waals surface area contributed by atoms with E-state index in [2.05, 4.69) is 32.6 Å². The van der Waals surface area contributed by atoms with Crippen LogP contribution < -0.4 is 15.5 Å². The maximum Gasteiger partial charge on any atom is 0.253 e. The molecule has 0 saturated carbocycles. The van der Waals surface area contributed by atoms with Gasteiger partial charge in [-0.25, -0.2) is 0 Å². The van der Waals surface area contributed by atoms with Crippen LogP contribution >= 0.6 is 24.8 Å². The Kier molecular flexibility index (Phi) is 9.57. The fourth-order valence-electron chi connectivity index (χ4n) is 3.42. The monoisotopic (exact) mass is 388 g/mol. The van der Waals surface area contributed by atoms with E-state index in [4.69, 9.17) is 0 Å². The number of nitrogens with zero attached hydrogens (tertiary/aromatic N) is 2. The van der Waals surface area contributed by atoms with Gasteiger partial charge in [0.1, 0.15) is 0 Å². The summed E-state index contributed by atoms with van der Waals surface area (Å²) in [6.45, 7) is 10.0. The Morgan fingerprint density at radius 1 is 1.12 bits per heavy atom. The summed E-state index contributed by atoms with van der Waals surface area (Å²) in [5.74, 6) is 0.0609. The van der Waals surface area contributed by atoms with Crippen molar-refractivity contribution in [2.75, 3.05) is 57.3 Å². The molecule has 25 heavy (non-hydrogen) atoms. The van der Waals surface area contributed by atoms with Gasteiger partial charge in [0.05, 0.1) is 5.56 Å². The molecule has 2 fully saturated rings. The van der Waals surface area contributed by atoms with E-state index in [0.29, 0.717) is 6.54 Å². The molecule has 0 aliphatic carbocycles. The summed E-state index contributed by atoms with van der Waals surface area (Å²) >= 11 is 0. The summed E-state index contributed by atoms with van der Waals surface area (Å²) in [6.07, 6.45) is 2.44. The number of hydrogen-bond acceptors (Lipinski definition) is 4. The highest BCUT2D eigenvalue weighted by molar-refractivity contribution is 6.00. The van der Waals surface area contributed by atoms with Crippen molar-refractivity contribution in [2.45, 2.75) is 19.8 Å². The van der Waals surface area contributed by atoms with Crippen molar-refractivity contribution in [1.82, 2.24) is 15.5 Å². The molecule has 2 saturated heterocycles. The van der Waals surface area contributed by atoms with E-state index in [1.165, 1.54) is 12.8 Å². The summed E-state index contributed by atoms with van der Waals surface area (Å²) in [4.78, 5) is 17.4. The lowest BCUT2D eigenvalue weighted by molar-refractivity contribution is 0.0947. The van der Waals surface area contributed by atoms with Gasteiger partial charge in [-0.3, -0.25) is 9.69 Å². The molecule has 2 aliphatic heterocycles. The van der Waals surface area contributed by atoms with Crippen LogP contribution in [-0.2, 0) is 0 Å². The fraction of sp³-hybridized carbons (Fsp3) is 0.611. The van der Waals surface area contributed by atoms with Crippen LogP contribution in [0.4, 0.5) is 5.69 Å². The minimum absolute atomic E-state index is 0. The van der Waals surface area contributed by atoms with Gasteiger partial charge < -0.3 is 15.5 Å². The van der Waals surface area contributed by atoms with Gasteiger partial charge in [0, 0.05) is 58.0 Å². The molecule has 0 bridgehead atoms. The molecule has 7 heteroatoms. The fourth-order valence-corrected chi connectivity index (χ4v) is 3.42. The molecule has 3 rings (SSSR count). The highest BCUT2D eigenvalue weighted by atomic mass is 35.5. The molecule has 0 atom stereocenters. The van der Waals surface area contributed by atoms with Crippen molar-refractivity contribution in [3.8, 4) is 0 Å². The maximum atomic E-state index is 12.6. The number of benzene rings is 1. The van der Waals surface area contributed by atoms with E-state index >= 15 is 0 Å². The van der Waals surface area contributed by atoms with Gasteiger partial charge in [-0.05, 0) is 31.9 Å². The van der Waals surface area contributed by atoms with Gasteiger partial charge in [0.15, 0.2) is 0 Å². The Hall–Kier alpha value is -1.01.